The van der Waals surface area contributed by atoms with Crippen LogP contribution in [0.5, 0.6) is 0 Å². The van der Waals surface area contributed by atoms with E-state index in [1.165, 1.54) is 19.3 Å². The van der Waals surface area contributed by atoms with Crippen molar-refractivity contribution in [3.05, 3.63) is 27.9 Å². The predicted octanol–water partition coefficient (Wildman–Crippen LogP) is 0.763. The van der Waals surface area contributed by atoms with Crippen molar-refractivity contribution in [1.29, 1.82) is 0 Å². The molecule has 0 saturated carbocycles. The lowest BCUT2D eigenvalue weighted by atomic mass is 10.0. The first kappa shape index (κ1) is 10.4. The molecule has 1 aliphatic rings. The topological polar surface area (TPSA) is 57.8 Å². The summed E-state index contributed by atoms with van der Waals surface area (Å²) in [5.41, 5.74) is 0.658. The highest BCUT2D eigenvalue weighted by Gasteiger charge is 2.13. The minimum atomic E-state index is -0.0178. The number of H-pyrrole nitrogens is 1. The molecule has 1 aliphatic heterocycles. The molecule has 1 fully saturated rings. The lowest BCUT2D eigenvalue weighted by molar-refractivity contribution is 0.394. The lowest BCUT2D eigenvalue weighted by Crippen LogP contribution is -2.36. The molecule has 1 atom stereocenters. The molecule has 2 N–H and O–H groups in total. The third-order valence-electron chi connectivity index (χ3n) is 2.88. The second-order valence-corrected chi connectivity index (χ2v) is 4.19. The van der Waals surface area contributed by atoms with E-state index in [1.54, 1.807) is 13.1 Å². The van der Waals surface area contributed by atoms with Gasteiger partial charge in [0.2, 0.25) is 0 Å². The van der Waals surface area contributed by atoms with Gasteiger partial charge in [-0.3, -0.25) is 4.79 Å². The molecular weight excluding hydrogens is 190 g/mol. The van der Waals surface area contributed by atoms with Crippen molar-refractivity contribution in [2.45, 2.75) is 38.6 Å². The Morgan fingerprint density at radius 3 is 3.07 bits per heavy atom. The van der Waals surface area contributed by atoms with Crippen molar-refractivity contribution < 1.29 is 0 Å². The minimum Gasteiger partial charge on any atom is -0.314 e. The smallest absolute Gasteiger partial charge is 0.253 e. The number of piperidine rings is 1. The minimum absolute atomic E-state index is 0.0178. The summed E-state index contributed by atoms with van der Waals surface area (Å²) in [5, 5.41) is 3.44. The molecule has 2 rings (SSSR count). The summed E-state index contributed by atoms with van der Waals surface area (Å²) < 4.78 is 0. The molecular formula is C11H17N3O. The fraction of sp³-hybridized carbons (Fsp3) is 0.636. The predicted molar refractivity (Wildman–Crippen MR) is 58.9 cm³/mol. The van der Waals surface area contributed by atoms with E-state index >= 15 is 0 Å². The number of rotatable bonds is 2. The van der Waals surface area contributed by atoms with E-state index in [4.69, 9.17) is 0 Å². The number of nitrogens with one attached hydrogen (secondary N) is 2. The normalized spacial score (nSPS) is 21.5. The zero-order chi connectivity index (χ0) is 10.7. The summed E-state index contributed by atoms with van der Waals surface area (Å²) in [4.78, 5) is 18.4. The summed E-state index contributed by atoms with van der Waals surface area (Å²) in [6, 6.07) is 0.476. The first-order valence-electron chi connectivity index (χ1n) is 5.54. The third kappa shape index (κ3) is 2.65. The van der Waals surface area contributed by atoms with Gasteiger partial charge in [-0.2, -0.15) is 0 Å². The van der Waals surface area contributed by atoms with Crippen molar-refractivity contribution in [3.63, 3.8) is 0 Å². The highest BCUT2D eigenvalue weighted by Crippen LogP contribution is 2.09. The highest BCUT2D eigenvalue weighted by molar-refractivity contribution is 5.03. The van der Waals surface area contributed by atoms with Crippen LogP contribution >= 0.6 is 0 Å². The molecule has 0 aromatic carbocycles. The van der Waals surface area contributed by atoms with Gasteiger partial charge in [-0.25, -0.2) is 4.98 Å². The standard InChI is InChI=1S/C11H17N3O/c1-8-7-13-10(14-11(8)15)6-9-4-2-3-5-12-9/h7,9,12H,2-6H2,1H3,(H,13,14,15). The Hall–Kier alpha value is -1.16. The number of aromatic amines is 1. The maximum absolute atomic E-state index is 11.4. The zero-order valence-electron chi connectivity index (χ0n) is 9.05. The maximum Gasteiger partial charge on any atom is 0.253 e. The Morgan fingerprint density at radius 1 is 1.53 bits per heavy atom. The zero-order valence-corrected chi connectivity index (χ0v) is 9.05. The van der Waals surface area contributed by atoms with Gasteiger partial charge in [-0.05, 0) is 26.3 Å². The molecule has 0 amide bonds. The Balaban J connectivity index is 2.03. The fourth-order valence-corrected chi connectivity index (χ4v) is 1.93. The molecule has 4 heteroatoms. The van der Waals surface area contributed by atoms with Crippen LogP contribution in [0.4, 0.5) is 0 Å². The van der Waals surface area contributed by atoms with Crippen LogP contribution < -0.4 is 10.9 Å². The van der Waals surface area contributed by atoms with E-state index in [9.17, 15) is 4.79 Å². The van der Waals surface area contributed by atoms with Crippen LogP contribution in [0.15, 0.2) is 11.0 Å². The molecule has 4 nitrogen and oxygen atoms in total. The molecule has 0 radical (unpaired) electrons. The van der Waals surface area contributed by atoms with Crippen LogP contribution in [0.1, 0.15) is 30.7 Å². The summed E-state index contributed by atoms with van der Waals surface area (Å²) in [7, 11) is 0. The summed E-state index contributed by atoms with van der Waals surface area (Å²) in [6.45, 7) is 2.86. The van der Waals surface area contributed by atoms with Gasteiger partial charge >= 0.3 is 0 Å². The monoisotopic (exact) mass is 207 g/mol. The Labute approximate surface area is 89.1 Å². The molecule has 15 heavy (non-hydrogen) atoms. The Morgan fingerprint density at radius 2 is 2.40 bits per heavy atom. The van der Waals surface area contributed by atoms with Crippen LogP contribution in [0.2, 0.25) is 0 Å². The van der Waals surface area contributed by atoms with E-state index in [0.29, 0.717) is 11.6 Å². The van der Waals surface area contributed by atoms with Gasteiger partial charge in [-0.15, -0.1) is 0 Å². The van der Waals surface area contributed by atoms with E-state index in [1.807, 2.05) is 0 Å². The SMILES string of the molecule is Cc1cnc(CC2CCCCN2)[nH]c1=O. The van der Waals surface area contributed by atoms with Gasteiger partial charge in [0, 0.05) is 24.2 Å². The maximum atomic E-state index is 11.4. The average molecular weight is 207 g/mol. The van der Waals surface area contributed by atoms with Gasteiger partial charge in [0.25, 0.3) is 5.56 Å². The van der Waals surface area contributed by atoms with Crippen molar-refractivity contribution in [1.82, 2.24) is 15.3 Å². The second kappa shape index (κ2) is 4.57. The molecule has 1 saturated heterocycles. The van der Waals surface area contributed by atoms with Crippen molar-refractivity contribution in [2.75, 3.05) is 6.54 Å². The first-order chi connectivity index (χ1) is 7.25. The fourth-order valence-electron chi connectivity index (χ4n) is 1.93. The molecule has 82 valence electrons. The number of aryl methyl sites for hydroxylation is 1. The lowest BCUT2D eigenvalue weighted by Gasteiger charge is -2.22. The molecule has 0 bridgehead atoms. The first-order valence-corrected chi connectivity index (χ1v) is 5.54. The quantitative estimate of drug-likeness (QED) is 0.753. The summed E-state index contributed by atoms with van der Waals surface area (Å²) in [5.74, 6) is 0.796. The second-order valence-electron chi connectivity index (χ2n) is 4.19. The number of hydrogen-bond donors (Lipinski definition) is 2. The van der Waals surface area contributed by atoms with Gasteiger partial charge in [0.15, 0.2) is 0 Å². The Kier molecular flexibility index (Phi) is 3.16. The number of nitrogens with zero attached hydrogens (tertiary/aromatic N) is 1. The molecule has 1 aromatic rings. The van der Waals surface area contributed by atoms with E-state index in [-0.39, 0.29) is 5.56 Å². The summed E-state index contributed by atoms with van der Waals surface area (Å²) in [6.07, 6.45) is 6.19. The van der Waals surface area contributed by atoms with Crippen LogP contribution in [0, 0.1) is 6.92 Å². The van der Waals surface area contributed by atoms with Crippen LogP contribution in [-0.2, 0) is 6.42 Å². The molecule has 0 aliphatic carbocycles. The van der Waals surface area contributed by atoms with Gasteiger partial charge in [0.1, 0.15) is 5.82 Å². The molecule has 0 spiro atoms. The van der Waals surface area contributed by atoms with Crippen molar-refractivity contribution >= 4 is 0 Å². The van der Waals surface area contributed by atoms with E-state index < -0.39 is 0 Å². The third-order valence-corrected chi connectivity index (χ3v) is 2.88. The summed E-state index contributed by atoms with van der Waals surface area (Å²) >= 11 is 0. The van der Waals surface area contributed by atoms with Gasteiger partial charge in [-0.1, -0.05) is 6.42 Å². The highest BCUT2D eigenvalue weighted by atomic mass is 16.1. The van der Waals surface area contributed by atoms with Gasteiger partial charge < -0.3 is 10.3 Å². The van der Waals surface area contributed by atoms with Crippen molar-refractivity contribution in [3.8, 4) is 0 Å². The largest absolute Gasteiger partial charge is 0.314 e. The van der Waals surface area contributed by atoms with Crippen LogP contribution in [0.25, 0.3) is 0 Å². The average Bonchev–Trinajstić information content (AvgIpc) is 2.25. The molecule has 1 unspecified atom stereocenters. The van der Waals surface area contributed by atoms with Gasteiger partial charge in [0.05, 0.1) is 0 Å². The molecule has 1 aromatic heterocycles. The van der Waals surface area contributed by atoms with Crippen LogP contribution in [0.3, 0.4) is 0 Å². The van der Waals surface area contributed by atoms with Crippen molar-refractivity contribution in [2.24, 2.45) is 0 Å². The Bertz CT molecular complexity index is 380. The number of hydrogen-bond acceptors (Lipinski definition) is 3. The number of aromatic nitrogens is 2. The van der Waals surface area contributed by atoms with E-state index in [0.717, 1.165) is 18.8 Å². The van der Waals surface area contributed by atoms with Crippen LogP contribution in [-0.4, -0.2) is 22.6 Å². The van der Waals surface area contributed by atoms with E-state index in [2.05, 4.69) is 15.3 Å². The molecule has 2 heterocycles.